The zero-order chi connectivity index (χ0) is 15.9. The second kappa shape index (κ2) is 7.51. The molecule has 0 aromatic heterocycles. The predicted octanol–water partition coefficient (Wildman–Crippen LogP) is 4.25. The van der Waals surface area contributed by atoms with E-state index in [1.807, 2.05) is 56.3 Å². The van der Waals surface area contributed by atoms with Crippen LogP contribution in [0.3, 0.4) is 0 Å². The molecule has 0 aliphatic rings. The minimum atomic E-state index is -0.229. The van der Waals surface area contributed by atoms with E-state index in [4.69, 9.17) is 9.47 Å². The Hall–Kier alpha value is -2.47. The van der Waals surface area contributed by atoms with E-state index in [0.29, 0.717) is 13.0 Å². The number of methoxy groups -OCH3 is 1. The second-order valence-electron chi connectivity index (χ2n) is 5.21. The van der Waals surface area contributed by atoms with E-state index in [2.05, 4.69) is 6.07 Å². The van der Waals surface area contributed by atoms with E-state index < -0.39 is 0 Å². The lowest BCUT2D eigenvalue weighted by Gasteiger charge is -2.15. The number of nitrogens with zero attached hydrogens (tertiary/aromatic N) is 1. The molecule has 1 unspecified atom stereocenters. The Kier molecular flexibility index (Phi) is 5.43. The lowest BCUT2D eigenvalue weighted by atomic mass is 9.91. The van der Waals surface area contributed by atoms with Gasteiger partial charge in [-0.05, 0) is 44.0 Å². The number of ether oxygens (including phenoxy) is 2. The van der Waals surface area contributed by atoms with Crippen LogP contribution in [-0.4, -0.2) is 13.7 Å². The number of aryl methyl sites for hydroxylation is 1. The molecular weight excluding hydrogens is 274 g/mol. The van der Waals surface area contributed by atoms with Gasteiger partial charge in [-0.25, -0.2) is 0 Å². The molecule has 0 aliphatic heterocycles. The predicted molar refractivity (Wildman–Crippen MR) is 87.4 cm³/mol. The van der Waals surface area contributed by atoms with Crippen LogP contribution in [-0.2, 0) is 6.42 Å². The van der Waals surface area contributed by atoms with Crippen molar-refractivity contribution in [2.75, 3.05) is 13.7 Å². The van der Waals surface area contributed by atoms with Crippen LogP contribution in [0, 0.1) is 18.3 Å². The van der Waals surface area contributed by atoms with Crippen LogP contribution in [0.15, 0.2) is 42.5 Å². The van der Waals surface area contributed by atoms with E-state index in [-0.39, 0.29) is 5.92 Å². The van der Waals surface area contributed by atoms with E-state index in [1.54, 1.807) is 7.11 Å². The fourth-order valence-electron chi connectivity index (χ4n) is 2.48. The Bertz CT molecular complexity index is 656. The van der Waals surface area contributed by atoms with Crippen molar-refractivity contribution >= 4 is 0 Å². The van der Waals surface area contributed by atoms with Gasteiger partial charge in [0.2, 0.25) is 0 Å². The van der Waals surface area contributed by atoms with Gasteiger partial charge in [0, 0.05) is 5.56 Å². The molecule has 2 rings (SSSR count). The first-order chi connectivity index (χ1) is 10.7. The molecule has 22 heavy (non-hydrogen) atoms. The number of benzene rings is 2. The van der Waals surface area contributed by atoms with Gasteiger partial charge < -0.3 is 9.47 Å². The molecule has 0 heterocycles. The second-order valence-corrected chi connectivity index (χ2v) is 5.21. The molecule has 0 radical (unpaired) electrons. The van der Waals surface area contributed by atoms with Gasteiger partial charge in [-0.3, -0.25) is 0 Å². The van der Waals surface area contributed by atoms with Gasteiger partial charge in [0.1, 0.15) is 11.5 Å². The SMILES string of the molecule is CCOc1ccc(CC(C#N)c2cc(C)ccc2OC)cc1. The van der Waals surface area contributed by atoms with Gasteiger partial charge >= 0.3 is 0 Å². The van der Waals surface area contributed by atoms with Crippen LogP contribution in [0.4, 0.5) is 0 Å². The highest BCUT2D eigenvalue weighted by Crippen LogP contribution is 2.30. The van der Waals surface area contributed by atoms with Crippen LogP contribution in [0.5, 0.6) is 11.5 Å². The van der Waals surface area contributed by atoms with Crippen LogP contribution < -0.4 is 9.47 Å². The lowest BCUT2D eigenvalue weighted by Crippen LogP contribution is -2.04. The Morgan fingerprint density at radius 3 is 2.45 bits per heavy atom. The molecule has 0 spiro atoms. The third-order valence-corrected chi connectivity index (χ3v) is 3.59. The fraction of sp³-hybridized carbons (Fsp3) is 0.316. The summed E-state index contributed by atoms with van der Waals surface area (Å²) in [5, 5.41) is 9.56. The normalized spacial score (nSPS) is 11.5. The van der Waals surface area contributed by atoms with Crippen molar-refractivity contribution in [2.24, 2.45) is 0 Å². The summed E-state index contributed by atoms with van der Waals surface area (Å²) in [6.45, 7) is 4.64. The summed E-state index contributed by atoms with van der Waals surface area (Å²) in [5.41, 5.74) is 3.18. The van der Waals surface area contributed by atoms with Crippen molar-refractivity contribution in [2.45, 2.75) is 26.2 Å². The van der Waals surface area contributed by atoms with Gasteiger partial charge in [0.05, 0.1) is 25.7 Å². The molecule has 0 N–H and O–H groups in total. The first-order valence-corrected chi connectivity index (χ1v) is 7.43. The maximum atomic E-state index is 9.56. The summed E-state index contributed by atoms with van der Waals surface area (Å²) >= 11 is 0. The van der Waals surface area contributed by atoms with Crippen molar-refractivity contribution < 1.29 is 9.47 Å². The van der Waals surface area contributed by atoms with E-state index in [9.17, 15) is 5.26 Å². The monoisotopic (exact) mass is 295 g/mol. The molecule has 0 saturated heterocycles. The molecule has 0 saturated carbocycles. The van der Waals surface area contributed by atoms with Crippen LogP contribution in [0.25, 0.3) is 0 Å². The molecular formula is C19H21NO2. The Morgan fingerprint density at radius 1 is 1.14 bits per heavy atom. The van der Waals surface area contributed by atoms with Crippen LogP contribution >= 0.6 is 0 Å². The zero-order valence-corrected chi connectivity index (χ0v) is 13.3. The molecule has 2 aromatic carbocycles. The molecule has 3 heteroatoms. The van der Waals surface area contributed by atoms with Gasteiger partial charge in [-0.1, -0.05) is 29.8 Å². The molecule has 0 amide bonds. The molecule has 2 aromatic rings. The lowest BCUT2D eigenvalue weighted by molar-refractivity contribution is 0.340. The highest BCUT2D eigenvalue weighted by molar-refractivity contribution is 5.43. The maximum absolute atomic E-state index is 9.56. The number of hydrogen-bond acceptors (Lipinski definition) is 3. The van der Waals surface area contributed by atoms with Gasteiger partial charge in [0.25, 0.3) is 0 Å². The minimum Gasteiger partial charge on any atom is -0.496 e. The summed E-state index contributed by atoms with van der Waals surface area (Å²) < 4.78 is 10.8. The first kappa shape index (κ1) is 15.9. The quantitative estimate of drug-likeness (QED) is 0.800. The third kappa shape index (κ3) is 3.79. The van der Waals surface area contributed by atoms with E-state index in [0.717, 1.165) is 28.2 Å². The topological polar surface area (TPSA) is 42.2 Å². The van der Waals surface area contributed by atoms with Crippen molar-refractivity contribution in [1.29, 1.82) is 5.26 Å². The highest BCUT2D eigenvalue weighted by atomic mass is 16.5. The summed E-state index contributed by atoms with van der Waals surface area (Å²) in [6, 6.07) is 16.3. The summed E-state index contributed by atoms with van der Waals surface area (Å²) in [5.74, 6) is 1.39. The Balaban J connectivity index is 2.22. The minimum absolute atomic E-state index is 0.229. The van der Waals surface area contributed by atoms with Gasteiger partial charge in [-0.2, -0.15) is 5.26 Å². The van der Waals surface area contributed by atoms with E-state index in [1.165, 1.54) is 0 Å². The van der Waals surface area contributed by atoms with Crippen molar-refractivity contribution in [3.63, 3.8) is 0 Å². The standard InChI is InChI=1S/C19H21NO2/c1-4-22-17-8-6-15(7-9-17)12-16(13-20)18-11-14(2)5-10-19(18)21-3/h5-11,16H,4,12H2,1-3H3. The Labute approximate surface area is 132 Å². The number of hydrogen-bond donors (Lipinski definition) is 0. The molecule has 1 atom stereocenters. The molecule has 114 valence electrons. The first-order valence-electron chi connectivity index (χ1n) is 7.43. The molecule has 0 bridgehead atoms. The average Bonchev–Trinajstić information content (AvgIpc) is 2.54. The fourth-order valence-corrected chi connectivity index (χ4v) is 2.48. The Morgan fingerprint density at radius 2 is 1.86 bits per heavy atom. The summed E-state index contributed by atoms with van der Waals surface area (Å²) in [7, 11) is 1.64. The largest absolute Gasteiger partial charge is 0.496 e. The number of nitriles is 1. The van der Waals surface area contributed by atoms with Crippen LogP contribution in [0.1, 0.15) is 29.5 Å². The smallest absolute Gasteiger partial charge is 0.123 e. The van der Waals surface area contributed by atoms with Gasteiger partial charge in [0.15, 0.2) is 0 Å². The summed E-state index contributed by atoms with van der Waals surface area (Å²) in [6.07, 6.45) is 0.655. The van der Waals surface area contributed by atoms with Gasteiger partial charge in [-0.15, -0.1) is 0 Å². The molecule has 3 nitrogen and oxygen atoms in total. The molecule has 0 aliphatic carbocycles. The van der Waals surface area contributed by atoms with Crippen LogP contribution in [0.2, 0.25) is 0 Å². The highest BCUT2D eigenvalue weighted by Gasteiger charge is 2.16. The molecule has 0 fully saturated rings. The third-order valence-electron chi connectivity index (χ3n) is 3.59. The number of rotatable bonds is 6. The zero-order valence-electron chi connectivity index (χ0n) is 13.3. The van der Waals surface area contributed by atoms with Crippen molar-refractivity contribution in [1.82, 2.24) is 0 Å². The maximum Gasteiger partial charge on any atom is 0.123 e. The van der Waals surface area contributed by atoms with Crippen molar-refractivity contribution in [3.8, 4) is 17.6 Å². The van der Waals surface area contributed by atoms with E-state index >= 15 is 0 Å². The average molecular weight is 295 g/mol. The summed E-state index contributed by atoms with van der Waals surface area (Å²) in [4.78, 5) is 0. The van der Waals surface area contributed by atoms with Crippen molar-refractivity contribution in [3.05, 3.63) is 59.2 Å².